The van der Waals surface area contributed by atoms with Gasteiger partial charge < -0.3 is 10.5 Å². The van der Waals surface area contributed by atoms with Crippen LogP contribution in [0.1, 0.15) is 24.5 Å². The van der Waals surface area contributed by atoms with Crippen LogP contribution in [0, 0.1) is 0 Å². The summed E-state index contributed by atoms with van der Waals surface area (Å²) in [5, 5.41) is 0. The van der Waals surface area contributed by atoms with Crippen LogP contribution in [0.15, 0.2) is 59.6 Å². The Kier molecular flexibility index (Phi) is 4.25. The monoisotopic (exact) mass is 323 g/mol. The second-order valence-electron chi connectivity index (χ2n) is 6.18. The van der Waals surface area contributed by atoms with E-state index in [0.29, 0.717) is 6.61 Å². The standard InChI is InChI=1S/C19H21N3O2/c1-19(12-17(23)22(2)18(20)21-19)15-9-6-10-16(11-15)24-13-14-7-4-3-5-8-14/h3-11H,12-13H2,1-2H3,(H2,20,21). The Morgan fingerprint density at radius 3 is 2.67 bits per heavy atom. The molecule has 0 aliphatic carbocycles. The van der Waals surface area contributed by atoms with Crippen molar-refractivity contribution in [3.63, 3.8) is 0 Å². The van der Waals surface area contributed by atoms with Crippen LogP contribution in [0.5, 0.6) is 5.75 Å². The van der Waals surface area contributed by atoms with Crippen molar-refractivity contribution in [1.29, 1.82) is 0 Å². The van der Waals surface area contributed by atoms with E-state index in [0.717, 1.165) is 16.9 Å². The van der Waals surface area contributed by atoms with E-state index in [1.165, 1.54) is 4.90 Å². The fraction of sp³-hybridized carbons (Fsp3) is 0.263. The second kappa shape index (κ2) is 6.35. The molecule has 1 heterocycles. The van der Waals surface area contributed by atoms with Gasteiger partial charge in [0.15, 0.2) is 5.96 Å². The molecule has 0 aromatic heterocycles. The quantitative estimate of drug-likeness (QED) is 0.940. The summed E-state index contributed by atoms with van der Waals surface area (Å²) in [4.78, 5) is 18.0. The van der Waals surface area contributed by atoms with Crippen LogP contribution in [0.3, 0.4) is 0 Å². The molecule has 124 valence electrons. The molecule has 1 aliphatic heterocycles. The van der Waals surface area contributed by atoms with Gasteiger partial charge in [0.2, 0.25) is 5.91 Å². The number of rotatable bonds is 4. The van der Waals surface area contributed by atoms with Gasteiger partial charge in [-0.15, -0.1) is 0 Å². The van der Waals surface area contributed by atoms with Gasteiger partial charge in [0, 0.05) is 7.05 Å². The molecule has 5 heteroatoms. The number of aliphatic imine (C=N–C) groups is 1. The molecule has 2 aromatic rings. The summed E-state index contributed by atoms with van der Waals surface area (Å²) in [6, 6.07) is 17.7. The number of carbonyl (C=O) groups is 1. The van der Waals surface area contributed by atoms with E-state index < -0.39 is 5.54 Å². The Morgan fingerprint density at radius 1 is 1.21 bits per heavy atom. The average molecular weight is 323 g/mol. The SMILES string of the molecule is CN1C(=O)CC(C)(c2cccc(OCc3ccccc3)c2)N=C1N. The predicted molar refractivity (Wildman–Crippen MR) is 93.6 cm³/mol. The highest BCUT2D eigenvalue weighted by atomic mass is 16.5. The smallest absolute Gasteiger partial charge is 0.231 e. The first-order valence-electron chi connectivity index (χ1n) is 7.87. The van der Waals surface area contributed by atoms with Crippen LogP contribution in [0.4, 0.5) is 0 Å². The summed E-state index contributed by atoms with van der Waals surface area (Å²) in [5.74, 6) is 0.947. The molecule has 3 rings (SSSR count). The number of carbonyl (C=O) groups excluding carboxylic acids is 1. The predicted octanol–water partition coefficient (Wildman–Crippen LogP) is 2.66. The molecule has 24 heavy (non-hydrogen) atoms. The first-order chi connectivity index (χ1) is 11.5. The maximum atomic E-state index is 12.1. The second-order valence-corrected chi connectivity index (χ2v) is 6.18. The van der Waals surface area contributed by atoms with Crippen molar-refractivity contribution in [2.45, 2.75) is 25.5 Å². The van der Waals surface area contributed by atoms with Crippen LogP contribution in [0.2, 0.25) is 0 Å². The minimum absolute atomic E-state index is 0.0411. The van der Waals surface area contributed by atoms with E-state index in [1.807, 2.05) is 61.5 Å². The van der Waals surface area contributed by atoms with Crippen molar-refractivity contribution in [2.75, 3.05) is 7.05 Å². The third kappa shape index (κ3) is 3.25. The van der Waals surface area contributed by atoms with Gasteiger partial charge in [0.05, 0.1) is 12.0 Å². The highest BCUT2D eigenvalue weighted by Crippen LogP contribution is 2.34. The third-order valence-electron chi connectivity index (χ3n) is 4.28. The summed E-state index contributed by atoms with van der Waals surface area (Å²) in [6.45, 7) is 2.41. The van der Waals surface area contributed by atoms with Gasteiger partial charge in [-0.2, -0.15) is 0 Å². The average Bonchev–Trinajstić information content (AvgIpc) is 2.59. The lowest BCUT2D eigenvalue weighted by molar-refractivity contribution is -0.128. The highest BCUT2D eigenvalue weighted by molar-refractivity contribution is 5.98. The molecule has 0 saturated heterocycles. The van der Waals surface area contributed by atoms with E-state index in [9.17, 15) is 4.79 Å². The van der Waals surface area contributed by atoms with Crippen LogP contribution in [-0.2, 0) is 16.9 Å². The lowest BCUT2D eigenvalue weighted by Gasteiger charge is -2.33. The Bertz CT molecular complexity index is 773. The molecule has 0 bridgehead atoms. The zero-order chi connectivity index (χ0) is 17.2. The zero-order valence-electron chi connectivity index (χ0n) is 13.9. The largest absolute Gasteiger partial charge is 0.489 e. The molecular formula is C19H21N3O2. The summed E-state index contributed by atoms with van der Waals surface area (Å²) in [6.07, 6.45) is 0.284. The Hall–Kier alpha value is -2.82. The van der Waals surface area contributed by atoms with Crippen LogP contribution >= 0.6 is 0 Å². The van der Waals surface area contributed by atoms with Gasteiger partial charge in [0.1, 0.15) is 12.4 Å². The molecule has 0 spiro atoms. The summed E-state index contributed by atoms with van der Waals surface area (Å²) >= 11 is 0. The van der Waals surface area contributed by atoms with E-state index in [4.69, 9.17) is 10.5 Å². The molecule has 0 saturated carbocycles. The lowest BCUT2D eigenvalue weighted by Crippen LogP contribution is -2.47. The molecule has 1 amide bonds. The maximum Gasteiger partial charge on any atom is 0.231 e. The van der Waals surface area contributed by atoms with Crippen LogP contribution in [0.25, 0.3) is 0 Å². The number of ether oxygens (including phenoxy) is 1. The van der Waals surface area contributed by atoms with E-state index in [2.05, 4.69) is 4.99 Å². The van der Waals surface area contributed by atoms with Crippen molar-refractivity contribution in [1.82, 2.24) is 4.90 Å². The van der Waals surface area contributed by atoms with Crippen LogP contribution < -0.4 is 10.5 Å². The van der Waals surface area contributed by atoms with Gasteiger partial charge >= 0.3 is 0 Å². The first-order valence-corrected chi connectivity index (χ1v) is 7.87. The molecule has 0 radical (unpaired) electrons. The maximum absolute atomic E-state index is 12.1. The molecular weight excluding hydrogens is 302 g/mol. The van der Waals surface area contributed by atoms with Gasteiger partial charge in [0.25, 0.3) is 0 Å². The van der Waals surface area contributed by atoms with Crippen molar-refractivity contribution in [2.24, 2.45) is 10.7 Å². The van der Waals surface area contributed by atoms with Crippen molar-refractivity contribution in [3.05, 3.63) is 65.7 Å². The Morgan fingerprint density at radius 2 is 1.96 bits per heavy atom. The fourth-order valence-electron chi connectivity index (χ4n) is 2.74. The van der Waals surface area contributed by atoms with E-state index in [1.54, 1.807) is 7.05 Å². The normalized spacial score (nSPS) is 20.7. The molecule has 5 nitrogen and oxygen atoms in total. The summed E-state index contributed by atoms with van der Waals surface area (Å²) < 4.78 is 5.87. The third-order valence-corrected chi connectivity index (χ3v) is 4.28. The molecule has 1 aliphatic rings. The minimum atomic E-state index is -0.667. The number of benzene rings is 2. The highest BCUT2D eigenvalue weighted by Gasteiger charge is 2.36. The van der Waals surface area contributed by atoms with Gasteiger partial charge in [-0.25, -0.2) is 4.99 Å². The topological polar surface area (TPSA) is 67.9 Å². The number of nitrogens with two attached hydrogens (primary N) is 1. The molecule has 1 unspecified atom stereocenters. The summed E-state index contributed by atoms with van der Waals surface area (Å²) in [5.41, 5.74) is 7.23. The van der Waals surface area contributed by atoms with E-state index >= 15 is 0 Å². The molecule has 2 aromatic carbocycles. The number of hydrogen-bond acceptors (Lipinski definition) is 4. The van der Waals surface area contributed by atoms with Crippen molar-refractivity contribution >= 4 is 11.9 Å². The van der Waals surface area contributed by atoms with Crippen LogP contribution in [-0.4, -0.2) is 23.8 Å². The van der Waals surface area contributed by atoms with Gasteiger partial charge in [-0.05, 0) is 30.2 Å². The first kappa shape index (κ1) is 16.1. The van der Waals surface area contributed by atoms with Gasteiger partial charge in [-0.1, -0.05) is 42.5 Å². The minimum Gasteiger partial charge on any atom is -0.489 e. The van der Waals surface area contributed by atoms with Crippen molar-refractivity contribution < 1.29 is 9.53 Å². The number of nitrogens with zero attached hydrogens (tertiary/aromatic N) is 2. The Balaban J connectivity index is 1.81. The Labute approximate surface area is 141 Å². The van der Waals surface area contributed by atoms with E-state index in [-0.39, 0.29) is 18.3 Å². The van der Waals surface area contributed by atoms with Gasteiger partial charge in [-0.3, -0.25) is 9.69 Å². The van der Waals surface area contributed by atoms with Crippen molar-refractivity contribution in [3.8, 4) is 5.75 Å². The molecule has 1 atom stereocenters. The molecule has 2 N–H and O–H groups in total. The number of guanidine groups is 1. The lowest BCUT2D eigenvalue weighted by atomic mass is 9.87. The fourth-order valence-corrected chi connectivity index (χ4v) is 2.74. The molecule has 0 fully saturated rings. The number of amides is 1. The summed E-state index contributed by atoms with van der Waals surface area (Å²) in [7, 11) is 1.64. The zero-order valence-corrected chi connectivity index (χ0v) is 13.9. The number of hydrogen-bond donors (Lipinski definition) is 1.